The van der Waals surface area contributed by atoms with Crippen molar-refractivity contribution in [1.82, 2.24) is 15.6 Å². The van der Waals surface area contributed by atoms with Gasteiger partial charge in [-0.1, -0.05) is 25.8 Å². The van der Waals surface area contributed by atoms with Crippen LogP contribution >= 0.6 is 0 Å². The fourth-order valence-electron chi connectivity index (χ4n) is 1.75. The molecule has 0 atom stereocenters. The summed E-state index contributed by atoms with van der Waals surface area (Å²) in [4.78, 5) is 8.86. The molecular weight excluding hydrogens is 236 g/mol. The lowest BCUT2D eigenvalue weighted by Crippen LogP contribution is -2.38. The summed E-state index contributed by atoms with van der Waals surface area (Å²) in [6.07, 6.45) is 6.39. The standard InChI is InChI=1S/C15H26N4/c1-3-5-7-12-18-15(16-4-2)19-13-10-14-9-6-8-11-17-14/h6,8-9,11H,3-5,7,10,12-13H2,1-2H3,(H2,16,18,19). The average molecular weight is 262 g/mol. The number of nitrogens with one attached hydrogen (secondary N) is 2. The topological polar surface area (TPSA) is 49.3 Å². The summed E-state index contributed by atoms with van der Waals surface area (Å²) in [5, 5.41) is 6.61. The first kappa shape index (κ1) is 15.5. The third kappa shape index (κ3) is 7.44. The number of hydrogen-bond acceptors (Lipinski definition) is 2. The molecule has 0 saturated heterocycles. The summed E-state index contributed by atoms with van der Waals surface area (Å²) < 4.78 is 0. The number of rotatable bonds is 8. The molecule has 1 aromatic heterocycles. The van der Waals surface area contributed by atoms with Crippen molar-refractivity contribution in [1.29, 1.82) is 0 Å². The Morgan fingerprint density at radius 1 is 1.21 bits per heavy atom. The first-order valence-corrected chi connectivity index (χ1v) is 7.29. The number of nitrogens with zero attached hydrogens (tertiary/aromatic N) is 2. The van der Waals surface area contributed by atoms with Crippen molar-refractivity contribution in [2.24, 2.45) is 4.99 Å². The number of aliphatic imine (C=N–C) groups is 1. The van der Waals surface area contributed by atoms with Gasteiger partial charge in [-0.3, -0.25) is 9.98 Å². The van der Waals surface area contributed by atoms with Crippen LogP contribution in [-0.2, 0) is 6.42 Å². The fourth-order valence-corrected chi connectivity index (χ4v) is 1.75. The maximum absolute atomic E-state index is 4.56. The van der Waals surface area contributed by atoms with Crippen molar-refractivity contribution in [3.8, 4) is 0 Å². The summed E-state index contributed by atoms with van der Waals surface area (Å²) in [6.45, 7) is 6.94. The monoisotopic (exact) mass is 262 g/mol. The van der Waals surface area contributed by atoms with Crippen molar-refractivity contribution < 1.29 is 0 Å². The average Bonchev–Trinajstić information content (AvgIpc) is 2.44. The van der Waals surface area contributed by atoms with E-state index in [1.165, 1.54) is 12.8 Å². The molecule has 0 aliphatic carbocycles. The smallest absolute Gasteiger partial charge is 0.191 e. The molecule has 0 aliphatic rings. The molecule has 4 heteroatoms. The zero-order chi connectivity index (χ0) is 13.8. The van der Waals surface area contributed by atoms with Crippen molar-refractivity contribution in [3.05, 3.63) is 30.1 Å². The third-order valence-corrected chi connectivity index (χ3v) is 2.78. The predicted octanol–water partition coefficient (Wildman–Crippen LogP) is 2.37. The maximum atomic E-state index is 4.56. The van der Waals surface area contributed by atoms with Crippen LogP contribution in [0, 0.1) is 0 Å². The Bertz CT molecular complexity index is 348. The number of guanidine groups is 1. The summed E-state index contributed by atoms with van der Waals surface area (Å²) in [6, 6.07) is 6.01. The Morgan fingerprint density at radius 2 is 2.11 bits per heavy atom. The van der Waals surface area contributed by atoms with Crippen molar-refractivity contribution >= 4 is 5.96 Å². The van der Waals surface area contributed by atoms with E-state index in [-0.39, 0.29) is 0 Å². The molecule has 0 unspecified atom stereocenters. The fraction of sp³-hybridized carbons (Fsp3) is 0.600. The van der Waals surface area contributed by atoms with Gasteiger partial charge in [0.25, 0.3) is 0 Å². The van der Waals surface area contributed by atoms with Gasteiger partial charge in [-0.05, 0) is 25.5 Å². The van der Waals surface area contributed by atoms with Crippen LogP contribution in [-0.4, -0.2) is 30.6 Å². The van der Waals surface area contributed by atoms with Gasteiger partial charge in [-0.15, -0.1) is 0 Å². The highest BCUT2D eigenvalue weighted by atomic mass is 15.2. The second-order valence-corrected chi connectivity index (χ2v) is 4.47. The Hall–Kier alpha value is -1.58. The van der Waals surface area contributed by atoms with E-state index in [2.05, 4.69) is 34.5 Å². The van der Waals surface area contributed by atoms with Crippen LogP contribution in [0.15, 0.2) is 29.4 Å². The lowest BCUT2D eigenvalue weighted by Gasteiger charge is -2.10. The molecule has 0 radical (unpaired) electrons. The largest absolute Gasteiger partial charge is 0.357 e. The van der Waals surface area contributed by atoms with Gasteiger partial charge in [0.1, 0.15) is 0 Å². The van der Waals surface area contributed by atoms with E-state index >= 15 is 0 Å². The molecule has 0 aliphatic heterocycles. The molecule has 1 rings (SSSR count). The molecule has 0 spiro atoms. The van der Waals surface area contributed by atoms with Crippen LogP contribution < -0.4 is 10.6 Å². The Morgan fingerprint density at radius 3 is 2.79 bits per heavy atom. The molecule has 4 nitrogen and oxygen atoms in total. The molecule has 0 fully saturated rings. The highest BCUT2D eigenvalue weighted by Gasteiger charge is 1.97. The van der Waals surface area contributed by atoms with Crippen LogP contribution in [0.3, 0.4) is 0 Å². The molecule has 19 heavy (non-hydrogen) atoms. The van der Waals surface area contributed by atoms with E-state index in [0.717, 1.165) is 44.1 Å². The first-order valence-electron chi connectivity index (χ1n) is 7.29. The van der Waals surface area contributed by atoms with Gasteiger partial charge in [0.15, 0.2) is 5.96 Å². The lowest BCUT2D eigenvalue weighted by molar-refractivity contribution is 0.716. The van der Waals surface area contributed by atoms with E-state index in [9.17, 15) is 0 Å². The minimum absolute atomic E-state index is 0.858. The van der Waals surface area contributed by atoms with Gasteiger partial charge in [0, 0.05) is 37.9 Å². The molecule has 1 aromatic rings. The Labute approximate surface area is 116 Å². The van der Waals surface area contributed by atoms with E-state index in [1.807, 2.05) is 24.4 Å². The predicted molar refractivity (Wildman–Crippen MR) is 81.4 cm³/mol. The van der Waals surface area contributed by atoms with Gasteiger partial charge in [0.05, 0.1) is 0 Å². The van der Waals surface area contributed by atoms with Gasteiger partial charge < -0.3 is 10.6 Å². The molecule has 0 saturated carbocycles. The third-order valence-electron chi connectivity index (χ3n) is 2.78. The van der Waals surface area contributed by atoms with E-state index in [4.69, 9.17) is 0 Å². The highest BCUT2D eigenvalue weighted by Crippen LogP contribution is 1.94. The minimum Gasteiger partial charge on any atom is -0.357 e. The summed E-state index contributed by atoms with van der Waals surface area (Å²) in [7, 11) is 0. The summed E-state index contributed by atoms with van der Waals surface area (Å²) >= 11 is 0. The summed E-state index contributed by atoms with van der Waals surface area (Å²) in [5.74, 6) is 0.912. The van der Waals surface area contributed by atoms with E-state index in [1.54, 1.807) is 0 Å². The SMILES string of the molecule is CCCCCN=C(NCC)NCCc1ccccn1. The quantitative estimate of drug-likeness (QED) is 0.429. The molecule has 0 aromatic carbocycles. The zero-order valence-electron chi connectivity index (χ0n) is 12.2. The minimum atomic E-state index is 0.858. The molecule has 106 valence electrons. The van der Waals surface area contributed by atoms with Crippen LogP contribution in [0.5, 0.6) is 0 Å². The molecular formula is C15H26N4. The summed E-state index contributed by atoms with van der Waals surface area (Å²) in [5.41, 5.74) is 1.11. The van der Waals surface area contributed by atoms with Gasteiger partial charge in [-0.25, -0.2) is 0 Å². The van der Waals surface area contributed by atoms with Gasteiger partial charge in [0.2, 0.25) is 0 Å². The van der Waals surface area contributed by atoms with Crippen LogP contribution in [0.25, 0.3) is 0 Å². The van der Waals surface area contributed by atoms with Crippen LogP contribution in [0.4, 0.5) is 0 Å². The highest BCUT2D eigenvalue weighted by molar-refractivity contribution is 5.79. The van der Waals surface area contributed by atoms with Crippen molar-refractivity contribution in [2.75, 3.05) is 19.6 Å². The normalized spacial score (nSPS) is 11.4. The number of pyridine rings is 1. The second-order valence-electron chi connectivity index (χ2n) is 4.47. The first-order chi connectivity index (χ1) is 9.36. The molecule has 0 bridgehead atoms. The van der Waals surface area contributed by atoms with Gasteiger partial charge >= 0.3 is 0 Å². The number of aromatic nitrogens is 1. The van der Waals surface area contributed by atoms with Crippen molar-refractivity contribution in [3.63, 3.8) is 0 Å². The second kappa shape index (κ2) is 10.4. The number of unbranched alkanes of at least 4 members (excludes halogenated alkanes) is 2. The molecule has 2 N–H and O–H groups in total. The molecule has 0 amide bonds. The maximum Gasteiger partial charge on any atom is 0.191 e. The van der Waals surface area contributed by atoms with E-state index < -0.39 is 0 Å². The van der Waals surface area contributed by atoms with Crippen LogP contribution in [0.1, 0.15) is 38.8 Å². The Kier molecular flexibility index (Phi) is 8.43. The van der Waals surface area contributed by atoms with Crippen LogP contribution in [0.2, 0.25) is 0 Å². The Balaban J connectivity index is 2.28. The zero-order valence-corrected chi connectivity index (χ0v) is 12.2. The van der Waals surface area contributed by atoms with E-state index in [0.29, 0.717) is 0 Å². The molecule has 1 heterocycles. The lowest BCUT2D eigenvalue weighted by atomic mass is 10.2. The van der Waals surface area contributed by atoms with Gasteiger partial charge in [-0.2, -0.15) is 0 Å². The number of hydrogen-bond donors (Lipinski definition) is 2. The van der Waals surface area contributed by atoms with Crippen molar-refractivity contribution in [2.45, 2.75) is 39.5 Å².